The highest BCUT2D eigenvalue weighted by Crippen LogP contribution is 2.35. The van der Waals surface area contributed by atoms with Crippen molar-refractivity contribution in [2.45, 2.75) is 17.4 Å². The van der Waals surface area contributed by atoms with Crippen molar-refractivity contribution in [3.8, 4) is 0 Å². The maximum Gasteiger partial charge on any atom is 0.272 e. The molecule has 0 radical (unpaired) electrons. The Labute approximate surface area is 125 Å². The second-order valence-electron chi connectivity index (χ2n) is 4.44. The zero-order chi connectivity index (χ0) is 13.9. The number of amides is 1. The third-order valence-corrected chi connectivity index (χ3v) is 4.45. The van der Waals surface area contributed by atoms with Gasteiger partial charge in [0.15, 0.2) is 10.8 Å². The zero-order valence-corrected chi connectivity index (χ0v) is 12.1. The molecule has 1 aromatic carbocycles. The van der Waals surface area contributed by atoms with Gasteiger partial charge in [-0.25, -0.2) is 0 Å². The van der Waals surface area contributed by atoms with Gasteiger partial charge in [0.25, 0.3) is 5.91 Å². The standard InChI is InChI=1S/C14H12ClN3OS/c15-13-6-5-11(17-18-13)14(19)16-10-7-8-20-12-4-2-1-3-9(10)12/h1-6,10H,7-8H2,(H,16,19). The van der Waals surface area contributed by atoms with Gasteiger partial charge in [0.2, 0.25) is 0 Å². The van der Waals surface area contributed by atoms with Gasteiger partial charge in [-0.3, -0.25) is 4.79 Å². The van der Waals surface area contributed by atoms with Crippen LogP contribution in [0.3, 0.4) is 0 Å². The Bertz CT molecular complexity index is 633. The molecule has 1 amide bonds. The first kappa shape index (κ1) is 13.4. The van der Waals surface area contributed by atoms with Gasteiger partial charge in [-0.2, -0.15) is 0 Å². The van der Waals surface area contributed by atoms with Crippen LogP contribution in [0, 0.1) is 0 Å². The van der Waals surface area contributed by atoms with E-state index in [4.69, 9.17) is 11.6 Å². The van der Waals surface area contributed by atoms with Crippen LogP contribution < -0.4 is 5.32 Å². The number of carbonyl (C=O) groups is 1. The van der Waals surface area contributed by atoms with Crippen molar-refractivity contribution in [1.82, 2.24) is 15.5 Å². The second kappa shape index (κ2) is 5.81. The molecule has 1 aliphatic rings. The van der Waals surface area contributed by atoms with Crippen LogP contribution in [0.15, 0.2) is 41.3 Å². The molecule has 2 aromatic rings. The number of carbonyl (C=O) groups excluding carboxylic acids is 1. The first-order valence-corrected chi connectivity index (χ1v) is 7.62. The smallest absolute Gasteiger partial charge is 0.272 e. The summed E-state index contributed by atoms with van der Waals surface area (Å²) in [7, 11) is 0. The number of benzene rings is 1. The summed E-state index contributed by atoms with van der Waals surface area (Å²) in [5, 5.41) is 10.8. The fourth-order valence-electron chi connectivity index (χ4n) is 2.16. The van der Waals surface area contributed by atoms with E-state index in [0.29, 0.717) is 0 Å². The number of rotatable bonds is 2. The molecule has 0 saturated heterocycles. The summed E-state index contributed by atoms with van der Waals surface area (Å²) in [5.74, 6) is 0.773. The SMILES string of the molecule is O=C(NC1CCSc2ccccc21)c1ccc(Cl)nn1. The highest BCUT2D eigenvalue weighted by Gasteiger charge is 2.22. The maximum atomic E-state index is 12.2. The summed E-state index contributed by atoms with van der Waals surface area (Å²) in [6, 6.07) is 11.3. The highest BCUT2D eigenvalue weighted by molar-refractivity contribution is 7.99. The van der Waals surface area contributed by atoms with E-state index < -0.39 is 0 Å². The molecular formula is C14H12ClN3OS. The largest absolute Gasteiger partial charge is 0.344 e. The van der Waals surface area contributed by atoms with Gasteiger partial charge in [0.05, 0.1) is 6.04 Å². The van der Waals surface area contributed by atoms with Gasteiger partial charge >= 0.3 is 0 Å². The molecule has 1 aliphatic heterocycles. The highest BCUT2D eigenvalue weighted by atomic mass is 35.5. The van der Waals surface area contributed by atoms with Gasteiger partial charge in [-0.05, 0) is 30.2 Å². The van der Waals surface area contributed by atoms with Gasteiger partial charge in [0.1, 0.15) is 0 Å². The molecule has 6 heteroatoms. The lowest BCUT2D eigenvalue weighted by atomic mass is 10.0. The Morgan fingerprint density at radius 1 is 1.25 bits per heavy atom. The molecule has 1 unspecified atom stereocenters. The molecular weight excluding hydrogens is 294 g/mol. The van der Waals surface area contributed by atoms with Crippen LogP contribution >= 0.6 is 23.4 Å². The number of aromatic nitrogens is 2. The summed E-state index contributed by atoms with van der Waals surface area (Å²) in [6.45, 7) is 0. The lowest BCUT2D eigenvalue weighted by Crippen LogP contribution is -2.31. The molecule has 1 N–H and O–H groups in total. The molecule has 0 aliphatic carbocycles. The summed E-state index contributed by atoms with van der Waals surface area (Å²) in [5.41, 5.74) is 1.45. The Kier molecular flexibility index (Phi) is 3.89. The molecule has 0 saturated carbocycles. The minimum atomic E-state index is -0.221. The molecule has 4 nitrogen and oxygen atoms in total. The fourth-order valence-corrected chi connectivity index (χ4v) is 3.39. The maximum absolute atomic E-state index is 12.2. The lowest BCUT2D eigenvalue weighted by Gasteiger charge is -2.25. The number of nitrogens with one attached hydrogen (secondary N) is 1. The van der Waals surface area contributed by atoms with E-state index in [1.807, 2.05) is 23.9 Å². The summed E-state index contributed by atoms with van der Waals surface area (Å²) >= 11 is 7.49. The predicted octanol–water partition coefficient (Wildman–Crippen LogP) is 3.10. The van der Waals surface area contributed by atoms with Crippen molar-refractivity contribution in [1.29, 1.82) is 0 Å². The summed E-state index contributed by atoms with van der Waals surface area (Å²) in [4.78, 5) is 13.4. The van der Waals surface area contributed by atoms with E-state index in [9.17, 15) is 4.79 Å². The van der Waals surface area contributed by atoms with Crippen molar-refractivity contribution in [2.75, 3.05) is 5.75 Å². The van der Waals surface area contributed by atoms with Gasteiger partial charge in [-0.1, -0.05) is 29.8 Å². The van der Waals surface area contributed by atoms with Crippen molar-refractivity contribution < 1.29 is 4.79 Å². The van der Waals surface area contributed by atoms with E-state index in [2.05, 4.69) is 27.6 Å². The molecule has 20 heavy (non-hydrogen) atoms. The van der Waals surface area contributed by atoms with Crippen LogP contribution in [0.5, 0.6) is 0 Å². The van der Waals surface area contributed by atoms with Gasteiger partial charge in [0, 0.05) is 10.6 Å². The molecule has 102 valence electrons. The third kappa shape index (κ3) is 2.78. The predicted molar refractivity (Wildman–Crippen MR) is 79.0 cm³/mol. The average molecular weight is 306 g/mol. The summed E-state index contributed by atoms with van der Waals surface area (Å²) < 4.78 is 0. The van der Waals surface area contributed by atoms with Crippen LogP contribution in [0.25, 0.3) is 0 Å². The second-order valence-corrected chi connectivity index (χ2v) is 5.97. The fraction of sp³-hybridized carbons (Fsp3) is 0.214. The number of fused-ring (bicyclic) bond motifs is 1. The van der Waals surface area contributed by atoms with E-state index in [1.54, 1.807) is 12.1 Å². The normalized spacial score (nSPS) is 17.4. The molecule has 0 spiro atoms. The number of hydrogen-bond acceptors (Lipinski definition) is 4. The van der Waals surface area contributed by atoms with Gasteiger partial charge in [-0.15, -0.1) is 22.0 Å². The number of nitrogens with zero attached hydrogens (tertiary/aromatic N) is 2. The van der Waals surface area contributed by atoms with E-state index in [1.165, 1.54) is 10.5 Å². The lowest BCUT2D eigenvalue weighted by molar-refractivity contribution is 0.0929. The zero-order valence-electron chi connectivity index (χ0n) is 10.5. The first-order chi connectivity index (χ1) is 9.74. The molecule has 1 aromatic heterocycles. The summed E-state index contributed by atoms with van der Waals surface area (Å²) in [6.07, 6.45) is 0.911. The molecule has 1 atom stereocenters. The van der Waals surface area contributed by atoms with Crippen LogP contribution in [0.1, 0.15) is 28.5 Å². The number of halogens is 1. The van der Waals surface area contributed by atoms with E-state index in [0.717, 1.165) is 12.2 Å². The molecule has 2 heterocycles. The van der Waals surface area contributed by atoms with E-state index >= 15 is 0 Å². The average Bonchev–Trinajstić information content (AvgIpc) is 2.48. The number of thioether (sulfide) groups is 1. The molecule has 0 bridgehead atoms. The van der Waals surface area contributed by atoms with Crippen LogP contribution in [-0.2, 0) is 0 Å². The molecule has 3 rings (SSSR count). The Morgan fingerprint density at radius 2 is 2.10 bits per heavy atom. The van der Waals surface area contributed by atoms with Crippen LogP contribution in [0.2, 0.25) is 5.15 Å². The van der Waals surface area contributed by atoms with Crippen LogP contribution in [0.4, 0.5) is 0 Å². The third-order valence-electron chi connectivity index (χ3n) is 3.13. The Hall–Kier alpha value is -1.59. The topological polar surface area (TPSA) is 54.9 Å². The minimum absolute atomic E-state index is 0.0254. The monoisotopic (exact) mass is 305 g/mol. The quantitative estimate of drug-likeness (QED) is 0.926. The van der Waals surface area contributed by atoms with Crippen molar-refractivity contribution in [2.24, 2.45) is 0 Å². The van der Waals surface area contributed by atoms with Crippen molar-refractivity contribution in [3.05, 3.63) is 52.8 Å². The van der Waals surface area contributed by atoms with Gasteiger partial charge < -0.3 is 5.32 Å². The minimum Gasteiger partial charge on any atom is -0.344 e. The van der Waals surface area contributed by atoms with Crippen molar-refractivity contribution >= 4 is 29.3 Å². The van der Waals surface area contributed by atoms with Crippen LogP contribution in [-0.4, -0.2) is 21.9 Å². The number of hydrogen-bond donors (Lipinski definition) is 1. The Balaban J connectivity index is 1.79. The Morgan fingerprint density at radius 3 is 2.90 bits per heavy atom. The molecule has 0 fully saturated rings. The van der Waals surface area contributed by atoms with E-state index in [-0.39, 0.29) is 22.8 Å². The van der Waals surface area contributed by atoms with Crippen molar-refractivity contribution in [3.63, 3.8) is 0 Å². The first-order valence-electron chi connectivity index (χ1n) is 6.26.